The van der Waals surface area contributed by atoms with Crippen LogP contribution in [-0.2, 0) is 33.8 Å². The average Bonchev–Trinajstić information content (AvgIpc) is 3.24. The largest absolute Gasteiger partial charge is 0.450 e. The first-order chi connectivity index (χ1) is 15.7. The number of pyridine rings is 1. The summed E-state index contributed by atoms with van der Waals surface area (Å²) >= 11 is -2.44. The number of amides is 1. The Kier molecular flexibility index (Phi) is 7.66. The Balaban J connectivity index is 1.71. The summed E-state index contributed by atoms with van der Waals surface area (Å²) < 4.78 is 31.2. The molecule has 9 heteroatoms. The van der Waals surface area contributed by atoms with Gasteiger partial charge in [-0.25, -0.2) is 4.21 Å². The number of nitrogens with two attached hydrogens (primary N) is 1. The Morgan fingerprint density at radius 2 is 1.91 bits per heavy atom. The van der Waals surface area contributed by atoms with Crippen LogP contribution < -0.4 is 11.3 Å². The average molecular weight is 469 g/mol. The maximum absolute atomic E-state index is 12.5. The lowest BCUT2D eigenvalue weighted by Crippen LogP contribution is -2.45. The maximum Gasteiger partial charge on any atom is 0.251 e. The first-order valence-corrected chi connectivity index (χ1v) is 11.1. The number of benzene rings is 1. The number of furan rings is 1. The highest BCUT2D eigenvalue weighted by atomic mass is 32.2. The first kappa shape index (κ1) is 24.2. The third-order valence-electron chi connectivity index (χ3n) is 5.23. The fourth-order valence-electron chi connectivity index (χ4n) is 3.05. The third kappa shape index (κ3) is 5.87. The lowest BCUT2D eigenvalue weighted by molar-refractivity contribution is -0.120. The van der Waals surface area contributed by atoms with Crippen molar-refractivity contribution in [3.63, 3.8) is 0 Å². The number of nitrogens with zero attached hydrogens (tertiary/aromatic N) is 1. The molecule has 0 radical (unpaired) electrons. The molecular weight excluding hydrogens is 444 g/mol. The molecule has 0 fully saturated rings. The zero-order valence-corrected chi connectivity index (χ0v) is 19.1. The van der Waals surface area contributed by atoms with Gasteiger partial charge in [0.15, 0.2) is 16.8 Å². The van der Waals surface area contributed by atoms with Crippen molar-refractivity contribution in [1.29, 1.82) is 0 Å². The molecule has 2 unspecified atom stereocenters. The molecule has 0 saturated heterocycles. The minimum atomic E-state index is -2.44. The molecule has 3 rings (SSSR count). The highest BCUT2D eigenvalue weighted by Crippen LogP contribution is 2.20. The van der Waals surface area contributed by atoms with Crippen LogP contribution in [0.25, 0.3) is 11.1 Å². The lowest BCUT2D eigenvalue weighted by Gasteiger charge is -2.21. The molecular formula is C24H24N2O6S. The molecule has 0 spiro atoms. The number of rotatable bonds is 8. The summed E-state index contributed by atoms with van der Waals surface area (Å²) in [6.07, 6.45) is 1.54. The molecule has 8 nitrogen and oxygen atoms in total. The summed E-state index contributed by atoms with van der Waals surface area (Å²) in [4.78, 5) is 24.1. The number of carbonyl (C=O) groups is 1. The van der Waals surface area contributed by atoms with Gasteiger partial charge in [0.2, 0.25) is 5.91 Å². The van der Waals surface area contributed by atoms with Gasteiger partial charge < -0.3 is 24.0 Å². The first-order valence-electron chi connectivity index (χ1n) is 10.0. The molecule has 2 heterocycles. The van der Waals surface area contributed by atoms with Gasteiger partial charge in [-0.05, 0) is 60.7 Å². The number of aromatic nitrogens is 1. The minimum absolute atomic E-state index is 0.0410. The van der Waals surface area contributed by atoms with Crippen LogP contribution in [0.4, 0.5) is 0 Å². The van der Waals surface area contributed by atoms with Crippen molar-refractivity contribution in [3.8, 4) is 23.0 Å². The van der Waals surface area contributed by atoms with E-state index in [1.807, 2.05) is 30.3 Å². The predicted octanol–water partition coefficient (Wildman–Crippen LogP) is 2.51. The summed E-state index contributed by atoms with van der Waals surface area (Å²) in [6, 6.07) is 14.3. The number of ether oxygens (including phenoxy) is 1. The third-order valence-corrected chi connectivity index (χ3v) is 6.41. The van der Waals surface area contributed by atoms with E-state index in [0.29, 0.717) is 18.1 Å². The van der Waals surface area contributed by atoms with Crippen LogP contribution in [0.2, 0.25) is 0 Å². The molecule has 3 aromatic rings. The molecule has 1 amide bonds. The van der Waals surface area contributed by atoms with Gasteiger partial charge in [-0.15, -0.1) is 0 Å². The molecule has 3 N–H and O–H groups in total. The van der Waals surface area contributed by atoms with Crippen LogP contribution in [0.1, 0.15) is 30.4 Å². The number of hydrogen-bond donors (Lipinski definition) is 2. The van der Waals surface area contributed by atoms with Gasteiger partial charge in [0.1, 0.15) is 17.1 Å². The summed E-state index contributed by atoms with van der Waals surface area (Å²) in [5, 5.41) is 0. The predicted molar refractivity (Wildman–Crippen MR) is 125 cm³/mol. The van der Waals surface area contributed by atoms with Crippen LogP contribution in [0.3, 0.4) is 0 Å². The van der Waals surface area contributed by atoms with Crippen molar-refractivity contribution < 1.29 is 22.7 Å². The van der Waals surface area contributed by atoms with E-state index in [0.717, 1.165) is 16.7 Å². The van der Waals surface area contributed by atoms with E-state index in [-0.39, 0.29) is 18.5 Å². The van der Waals surface area contributed by atoms with Crippen LogP contribution in [-0.4, -0.2) is 31.1 Å². The van der Waals surface area contributed by atoms with E-state index in [9.17, 15) is 18.4 Å². The van der Waals surface area contributed by atoms with Gasteiger partial charge in [0.05, 0.1) is 0 Å². The highest BCUT2D eigenvalue weighted by molar-refractivity contribution is 7.81. The minimum Gasteiger partial charge on any atom is -0.450 e. The van der Waals surface area contributed by atoms with E-state index in [4.69, 9.17) is 14.9 Å². The normalized spacial score (nSPS) is 13.5. The molecule has 0 aliphatic heterocycles. The number of aryl methyl sites for hydroxylation is 1. The van der Waals surface area contributed by atoms with Crippen LogP contribution in [0, 0.1) is 11.8 Å². The van der Waals surface area contributed by atoms with Crippen molar-refractivity contribution >= 4 is 17.0 Å². The van der Waals surface area contributed by atoms with E-state index >= 15 is 0 Å². The zero-order valence-electron chi connectivity index (χ0n) is 18.2. The molecule has 2 atom stereocenters. The van der Waals surface area contributed by atoms with Gasteiger partial charge in [0.25, 0.3) is 5.56 Å². The van der Waals surface area contributed by atoms with Crippen molar-refractivity contribution in [3.05, 3.63) is 82.2 Å². The standard InChI is InChI=1S/C24H24N2O6S/c1-24(23(25)28,33(29)30)12-14-26-13-11-19(15-22(26)27)18-6-3-17(4-7-18)5-8-20-9-10-21(32-20)16-31-2/h3-4,6-7,9-11,13,15H,12,14,16H2,1-2H3,(H2,25,28)(H,29,30). The van der Waals surface area contributed by atoms with Crippen LogP contribution in [0.5, 0.6) is 0 Å². The van der Waals surface area contributed by atoms with Crippen molar-refractivity contribution in [1.82, 2.24) is 4.57 Å². The second-order valence-electron chi connectivity index (χ2n) is 7.57. The smallest absolute Gasteiger partial charge is 0.251 e. The molecule has 1 aromatic carbocycles. The molecule has 33 heavy (non-hydrogen) atoms. The number of carbonyl (C=O) groups excluding carboxylic acids is 1. The summed E-state index contributed by atoms with van der Waals surface area (Å²) in [6.45, 7) is 1.78. The van der Waals surface area contributed by atoms with Gasteiger partial charge in [-0.3, -0.25) is 9.59 Å². The highest BCUT2D eigenvalue weighted by Gasteiger charge is 2.37. The number of methoxy groups -OCH3 is 1. The van der Waals surface area contributed by atoms with Crippen LogP contribution in [0.15, 0.2) is 63.9 Å². The fraction of sp³-hybridized carbons (Fsp3) is 0.250. The Morgan fingerprint density at radius 3 is 2.52 bits per heavy atom. The van der Waals surface area contributed by atoms with E-state index in [2.05, 4.69) is 11.8 Å². The van der Waals surface area contributed by atoms with Gasteiger partial charge in [-0.2, -0.15) is 0 Å². The van der Waals surface area contributed by atoms with Crippen molar-refractivity contribution in [2.24, 2.45) is 5.73 Å². The SMILES string of the molecule is COCc1ccc(C#Cc2ccc(-c3ccn(CCC(C)(C(N)=O)S(=O)O)c(=O)c3)cc2)o1. The monoisotopic (exact) mass is 468 g/mol. The quantitative estimate of drug-likeness (QED) is 0.387. The van der Waals surface area contributed by atoms with Crippen LogP contribution >= 0.6 is 0 Å². The second kappa shape index (κ2) is 10.4. The molecule has 172 valence electrons. The Labute approximate surface area is 193 Å². The van der Waals surface area contributed by atoms with Crippen molar-refractivity contribution in [2.45, 2.75) is 31.2 Å². The van der Waals surface area contributed by atoms with E-state index in [1.54, 1.807) is 25.4 Å². The topological polar surface area (TPSA) is 125 Å². The molecule has 0 bridgehead atoms. The fourth-order valence-corrected chi connectivity index (χ4v) is 3.49. The second-order valence-corrected chi connectivity index (χ2v) is 8.97. The maximum atomic E-state index is 12.5. The van der Waals surface area contributed by atoms with E-state index in [1.165, 1.54) is 17.6 Å². The Morgan fingerprint density at radius 1 is 1.18 bits per heavy atom. The molecule has 0 saturated carbocycles. The Hall–Kier alpha value is -3.45. The summed E-state index contributed by atoms with van der Waals surface area (Å²) in [7, 11) is 1.59. The van der Waals surface area contributed by atoms with Crippen molar-refractivity contribution in [2.75, 3.05) is 7.11 Å². The van der Waals surface area contributed by atoms with E-state index < -0.39 is 21.7 Å². The lowest BCUT2D eigenvalue weighted by atomic mass is 10.0. The van der Waals surface area contributed by atoms with Gasteiger partial charge in [-0.1, -0.05) is 18.1 Å². The summed E-state index contributed by atoms with van der Waals surface area (Å²) in [5.41, 5.74) is 7.31. The van der Waals surface area contributed by atoms with Gasteiger partial charge in [0, 0.05) is 31.5 Å². The van der Waals surface area contributed by atoms with Gasteiger partial charge >= 0.3 is 0 Å². The molecule has 0 aliphatic carbocycles. The molecule has 2 aromatic heterocycles. The number of primary amides is 1. The zero-order chi connectivity index (χ0) is 24.0. The summed E-state index contributed by atoms with van der Waals surface area (Å²) in [5.74, 6) is 6.35. The molecule has 0 aliphatic rings. The Bertz CT molecular complexity index is 1270. The number of hydrogen-bond acceptors (Lipinski definition) is 5.